The van der Waals surface area contributed by atoms with Crippen molar-refractivity contribution in [2.45, 2.75) is 24.3 Å². The molecule has 24 heavy (non-hydrogen) atoms. The first-order chi connectivity index (χ1) is 11.7. The summed E-state index contributed by atoms with van der Waals surface area (Å²) in [4.78, 5) is 12.5. The van der Waals surface area contributed by atoms with Crippen LogP contribution in [-0.4, -0.2) is 24.4 Å². The van der Waals surface area contributed by atoms with Crippen LogP contribution in [0.25, 0.3) is 6.08 Å². The molecular weight excluding hydrogens is 324 g/mol. The van der Waals surface area contributed by atoms with Crippen molar-refractivity contribution in [1.29, 1.82) is 0 Å². The number of Topliss-reactive ketones (excluding diaryl/α,β-unsaturated/α-hetero) is 1. The minimum atomic E-state index is -0.481. The number of ketones is 1. The lowest BCUT2D eigenvalue weighted by molar-refractivity contribution is -0.117. The zero-order valence-corrected chi connectivity index (χ0v) is 14.2. The average Bonchev–Trinajstić information content (AvgIpc) is 2.63. The smallest absolute Gasteiger partial charge is 0.180 e. The summed E-state index contributed by atoms with van der Waals surface area (Å²) in [6.45, 7) is 0. The Hall–Kier alpha value is -2.26. The van der Waals surface area contributed by atoms with E-state index in [4.69, 9.17) is 21.1 Å². The van der Waals surface area contributed by atoms with E-state index in [1.165, 1.54) is 0 Å². The molecule has 1 saturated carbocycles. The van der Waals surface area contributed by atoms with Gasteiger partial charge in [-0.15, -0.1) is 11.6 Å². The van der Waals surface area contributed by atoms with Crippen LogP contribution in [0.2, 0.25) is 0 Å². The van der Waals surface area contributed by atoms with E-state index in [9.17, 15) is 4.79 Å². The molecule has 4 heteroatoms. The van der Waals surface area contributed by atoms with Crippen LogP contribution in [0.3, 0.4) is 0 Å². The molecule has 0 N–H and O–H groups in total. The molecule has 1 fully saturated rings. The average molecular weight is 343 g/mol. The van der Waals surface area contributed by atoms with Gasteiger partial charge in [0.05, 0.1) is 12.5 Å². The number of methoxy groups -OCH3 is 1. The highest BCUT2D eigenvalue weighted by Gasteiger charge is 2.33. The molecule has 3 nitrogen and oxygen atoms in total. The minimum absolute atomic E-state index is 0.0559. The van der Waals surface area contributed by atoms with Gasteiger partial charge in [-0.2, -0.15) is 0 Å². The van der Waals surface area contributed by atoms with Gasteiger partial charge >= 0.3 is 0 Å². The fourth-order valence-corrected chi connectivity index (χ4v) is 3.01. The van der Waals surface area contributed by atoms with E-state index < -0.39 is 5.38 Å². The Morgan fingerprint density at radius 3 is 2.38 bits per heavy atom. The van der Waals surface area contributed by atoms with E-state index in [2.05, 4.69) is 0 Å². The number of halogens is 1. The maximum absolute atomic E-state index is 12.5. The number of benzene rings is 2. The second kappa shape index (κ2) is 7.54. The van der Waals surface area contributed by atoms with Crippen LogP contribution in [0.5, 0.6) is 11.5 Å². The lowest BCUT2D eigenvalue weighted by Crippen LogP contribution is -2.35. The van der Waals surface area contributed by atoms with E-state index in [-0.39, 0.29) is 11.9 Å². The van der Waals surface area contributed by atoms with E-state index in [0.29, 0.717) is 12.0 Å². The molecule has 0 aliphatic heterocycles. The van der Waals surface area contributed by atoms with Gasteiger partial charge in [-0.1, -0.05) is 30.3 Å². The largest absolute Gasteiger partial charge is 0.497 e. The topological polar surface area (TPSA) is 35.5 Å². The number of para-hydroxylation sites is 1. The Labute approximate surface area is 146 Å². The highest BCUT2D eigenvalue weighted by atomic mass is 35.5. The summed E-state index contributed by atoms with van der Waals surface area (Å²) in [5.41, 5.74) is 1.54. The van der Waals surface area contributed by atoms with Gasteiger partial charge < -0.3 is 9.47 Å². The van der Waals surface area contributed by atoms with Crippen molar-refractivity contribution < 1.29 is 14.3 Å². The van der Waals surface area contributed by atoms with Gasteiger partial charge in [0.25, 0.3) is 0 Å². The van der Waals surface area contributed by atoms with Crippen molar-refractivity contribution in [2.75, 3.05) is 7.11 Å². The van der Waals surface area contributed by atoms with Gasteiger partial charge in [-0.3, -0.25) is 4.79 Å². The van der Waals surface area contributed by atoms with Crippen molar-refractivity contribution in [3.63, 3.8) is 0 Å². The van der Waals surface area contributed by atoms with E-state index in [0.717, 1.165) is 23.5 Å². The predicted molar refractivity (Wildman–Crippen MR) is 95.7 cm³/mol. The second-order valence-corrected chi connectivity index (χ2v) is 6.23. The van der Waals surface area contributed by atoms with Crippen molar-refractivity contribution >= 4 is 23.5 Å². The van der Waals surface area contributed by atoms with Gasteiger partial charge in [-0.25, -0.2) is 0 Å². The summed E-state index contributed by atoms with van der Waals surface area (Å²) >= 11 is 6.18. The predicted octanol–water partition coefficient (Wildman–Crippen LogP) is 4.50. The van der Waals surface area contributed by atoms with Gasteiger partial charge in [-0.05, 0) is 48.7 Å². The zero-order valence-electron chi connectivity index (χ0n) is 13.4. The van der Waals surface area contributed by atoms with Crippen LogP contribution in [-0.2, 0) is 4.79 Å². The first kappa shape index (κ1) is 16.6. The molecule has 0 amide bonds. The molecule has 0 aromatic heterocycles. The highest BCUT2D eigenvalue weighted by Crippen LogP contribution is 2.30. The Morgan fingerprint density at radius 1 is 1.00 bits per heavy atom. The summed E-state index contributed by atoms with van der Waals surface area (Å²) in [7, 11) is 1.62. The third-order valence-corrected chi connectivity index (χ3v) is 4.47. The maximum Gasteiger partial charge on any atom is 0.180 e. The normalized spacial score (nSPS) is 22.4. The number of carbonyl (C=O) groups excluding carboxylic acids is 1. The van der Waals surface area contributed by atoms with E-state index in [1.807, 2.05) is 60.7 Å². The molecule has 2 atom stereocenters. The van der Waals surface area contributed by atoms with Gasteiger partial charge in [0.1, 0.15) is 17.6 Å². The van der Waals surface area contributed by atoms with Crippen molar-refractivity contribution in [3.05, 3.63) is 65.7 Å². The third-order valence-electron chi connectivity index (χ3n) is 4.06. The summed E-state index contributed by atoms with van der Waals surface area (Å²) in [5, 5.41) is -0.481. The number of hydrogen-bond donors (Lipinski definition) is 0. The summed E-state index contributed by atoms with van der Waals surface area (Å²) < 4.78 is 11.2. The zero-order chi connectivity index (χ0) is 16.9. The lowest BCUT2D eigenvalue weighted by atomic mass is 9.89. The highest BCUT2D eigenvalue weighted by molar-refractivity contribution is 6.34. The first-order valence-electron chi connectivity index (χ1n) is 7.93. The molecule has 2 unspecified atom stereocenters. The summed E-state index contributed by atoms with van der Waals surface area (Å²) in [5.74, 6) is 1.48. The molecule has 3 rings (SSSR count). The summed E-state index contributed by atoms with van der Waals surface area (Å²) in [6.07, 6.45) is 2.93. The third kappa shape index (κ3) is 3.80. The van der Waals surface area contributed by atoms with Crippen LogP contribution in [0, 0.1) is 0 Å². The van der Waals surface area contributed by atoms with Gasteiger partial charge in [0.15, 0.2) is 5.78 Å². The molecule has 1 aliphatic carbocycles. The number of alkyl halides is 1. The molecule has 124 valence electrons. The van der Waals surface area contributed by atoms with Crippen molar-refractivity contribution in [3.8, 4) is 11.5 Å². The summed E-state index contributed by atoms with van der Waals surface area (Å²) in [6, 6.07) is 17.1. The molecule has 2 aromatic rings. The Morgan fingerprint density at radius 2 is 1.71 bits per heavy atom. The molecule has 2 aromatic carbocycles. The Bertz CT molecular complexity index is 722. The second-order valence-electron chi connectivity index (χ2n) is 5.70. The molecular formula is C20H19ClO3. The Balaban J connectivity index is 1.88. The minimum Gasteiger partial charge on any atom is -0.497 e. The molecule has 0 spiro atoms. The monoisotopic (exact) mass is 342 g/mol. The van der Waals surface area contributed by atoms with Crippen molar-refractivity contribution in [2.24, 2.45) is 0 Å². The van der Waals surface area contributed by atoms with Crippen LogP contribution in [0.1, 0.15) is 18.4 Å². The first-order valence-corrected chi connectivity index (χ1v) is 8.36. The molecule has 0 radical (unpaired) electrons. The molecule has 1 aliphatic rings. The SMILES string of the molecule is COc1ccc(C=C2C(=O)C(Cl)CCC2Oc2ccccc2)cc1. The quantitative estimate of drug-likeness (QED) is 0.606. The van der Waals surface area contributed by atoms with Crippen LogP contribution in [0.4, 0.5) is 0 Å². The fourth-order valence-electron chi connectivity index (χ4n) is 2.75. The molecule has 0 bridgehead atoms. The number of ether oxygens (including phenoxy) is 2. The van der Waals surface area contributed by atoms with Crippen LogP contribution in [0.15, 0.2) is 60.2 Å². The number of hydrogen-bond acceptors (Lipinski definition) is 3. The maximum atomic E-state index is 12.5. The number of rotatable bonds is 4. The lowest BCUT2D eigenvalue weighted by Gasteiger charge is -2.28. The van der Waals surface area contributed by atoms with Gasteiger partial charge in [0.2, 0.25) is 0 Å². The Kier molecular flexibility index (Phi) is 5.21. The fraction of sp³-hybridized carbons (Fsp3) is 0.250. The molecule has 0 heterocycles. The van der Waals surface area contributed by atoms with Gasteiger partial charge in [0, 0.05) is 5.57 Å². The van der Waals surface area contributed by atoms with E-state index in [1.54, 1.807) is 7.11 Å². The number of carbonyl (C=O) groups is 1. The standard InChI is InChI=1S/C20H19ClO3/c1-23-15-9-7-14(8-10-15)13-17-19(12-11-18(21)20(17)22)24-16-5-3-2-4-6-16/h2-10,13,18-19H,11-12H2,1H3. The van der Waals surface area contributed by atoms with Crippen LogP contribution >= 0.6 is 11.6 Å². The van der Waals surface area contributed by atoms with Crippen molar-refractivity contribution in [1.82, 2.24) is 0 Å². The van der Waals surface area contributed by atoms with E-state index >= 15 is 0 Å². The molecule has 0 saturated heterocycles. The van der Waals surface area contributed by atoms with Crippen LogP contribution < -0.4 is 9.47 Å².